The lowest BCUT2D eigenvalue weighted by atomic mass is 10.2. The summed E-state index contributed by atoms with van der Waals surface area (Å²) in [6, 6.07) is 4.64. The van der Waals surface area contributed by atoms with Gasteiger partial charge in [-0.15, -0.1) is 0 Å². The molecule has 0 aliphatic carbocycles. The summed E-state index contributed by atoms with van der Waals surface area (Å²) < 4.78 is 19.0. The number of hydrogen-bond donors (Lipinski definition) is 2. The first kappa shape index (κ1) is 16.2. The van der Waals surface area contributed by atoms with Crippen molar-refractivity contribution in [2.45, 2.75) is 20.0 Å². The molecule has 6 nitrogen and oxygen atoms in total. The molecule has 2 aromatic rings. The Morgan fingerprint density at radius 2 is 2.05 bits per heavy atom. The van der Waals surface area contributed by atoms with Crippen LogP contribution in [0.25, 0.3) is 0 Å². The van der Waals surface area contributed by atoms with E-state index in [0.29, 0.717) is 5.69 Å². The third-order valence-corrected chi connectivity index (χ3v) is 3.61. The number of nitrogens with one attached hydrogen (secondary N) is 2. The van der Waals surface area contributed by atoms with Crippen molar-refractivity contribution in [2.24, 2.45) is 0 Å². The van der Waals surface area contributed by atoms with Crippen LogP contribution < -0.4 is 11.2 Å². The largest absolute Gasteiger partial charge is 0.460 e. The molecular formula is C14H12BrFN2O4. The third-order valence-electron chi connectivity index (χ3n) is 3.00. The van der Waals surface area contributed by atoms with Gasteiger partial charge < -0.3 is 9.72 Å². The molecule has 0 bridgehead atoms. The maximum Gasteiger partial charge on any atom is 0.325 e. The van der Waals surface area contributed by atoms with E-state index in [1.807, 2.05) is 4.98 Å². The highest BCUT2D eigenvalue weighted by molar-refractivity contribution is 9.10. The fourth-order valence-electron chi connectivity index (χ4n) is 1.85. The van der Waals surface area contributed by atoms with Gasteiger partial charge in [0.15, 0.2) is 0 Å². The van der Waals surface area contributed by atoms with Gasteiger partial charge in [-0.2, -0.15) is 0 Å². The summed E-state index contributed by atoms with van der Waals surface area (Å²) in [7, 11) is 0. The molecule has 0 aliphatic rings. The van der Waals surface area contributed by atoms with Crippen LogP contribution in [0.4, 0.5) is 4.39 Å². The summed E-state index contributed by atoms with van der Waals surface area (Å²) in [5.74, 6) is -1.20. The Kier molecular flexibility index (Phi) is 4.92. The fraction of sp³-hybridized carbons (Fsp3) is 0.214. The van der Waals surface area contributed by atoms with Crippen molar-refractivity contribution in [2.75, 3.05) is 0 Å². The van der Waals surface area contributed by atoms with Crippen LogP contribution in [0.3, 0.4) is 0 Å². The SMILES string of the molecule is Cc1[nH]c(=O)[nH]c(=O)c1CC(=O)OCc1cccc(Br)c1F. The number of aromatic nitrogens is 2. The second-order valence-electron chi connectivity index (χ2n) is 4.56. The molecule has 2 N–H and O–H groups in total. The van der Waals surface area contributed by atoms with Gasteiger partial charge in [-0.05, 0) is 28.9 Å². The highest BCUT2D eigenvalue weighted by Crippen LogP contribution is 2.19. The number of esters is 1. The van der Waals surface area contributed by atoms with Gasteiger partial charge in [0.05, 0.1) is 10.9 Å². The van der Waals surface area contributed by atoms with Gasteiger partial charge in [0.25, 0.3) is 5.56 Å². The molecule has 0 saturated heterocycles. The van der Waals surface area contributed by atoms with Crippen molar-refractivity contribution in [1.82, 2.24) is 9.97 Å². The van der Waals surface area contributed by atoms with Gasteiger partial charge in [-0.1, -0.05) is 12.1 Å². The van der Waals surface area contributed by atoms with Crippen LogP contribution in [0.1, 0.15) is 16.8 Å². The number of aromatic amines is 2. The Bertz CT molecular complexity index is 828. The molecule has 1 aromatic heterocycles. The molecule has 8 heteroatoms. The van der Waals surface area contributed by atoms with Crippen molar-refractivity contribution in [3.63, 3.8) is 0 Å². The topological polar surface area (TPSA) is 92.0 Å². The van der Waals surface area contributed by atoms with Gasteiger partial charge in [-0.3, -0.25) is 14.6 Å². The molecule has 0 saturated carbocycles. The minimum Gasteiger partial charge on any atom is -0.460 e. The minimum atomic E-state index is -0.694. The number of ether oxygens (including phenoxy) is 1. The van der Waals surface area contributed by atoms with Crippen molar-refractivity contribution >= 4 is 21.9 Å². The van der Waals surface area contributed by atoms with Crippen LogP contribution in [0.15, 0.2) is 32.3 Å². The molecule has 0 unspecified atom stereocenters. The van der Waals surface area contributed by atoms with E-state index in [1.165, 1.54) is 19.1 Å². The Balaban J connectivity index is 2.07. The zero-order valence-electron chi connectivity index (χ0n) is 11.5. The predicted molar refractivity (Wildman–Crippen MR) is 80.0 cm³/mol. The number of hydrogen-bond acceptors (Lipinski definition) is 4. The van der Waals surface area contributed by atoms with Crippen LogP contribution in [-0.2, 0) is 22.6 Å². The molecule has 22 heavy (non-hydrogen) atoms. The van der Waals surface area contributed by atoms with Crippen LogP contribution in [0, 0.1) is 12.7 Å². The van der Waals surface area contributed by atoms with E-state index in [1.54, 1.807) is 6.07 Å². The molecule has 2 rings (SSSR count). The average Bonchev–Trinajstić information content (AvgIpc) is 2.44. The van der Waals surface area contributed by atoms with Crippen molar-refractivity contribution < 1.29 is 13.9 Å². The van der Waals surface area contributed by atoms with Gasteiger partial charge in [-0.25, -0.2) is 9.18 Å². The second-order valence-corrected chi connectivity index (χ2v) is 5.42. The Hall–Kier alpha value is -2.22. The molecule has 0 radical (unpaired) electrons. The van der Waals surface area contributed by atoms with E-state index in [4.69, 9.17) is 4.74 Å². The number of H-pyrrole nitrogens is 2. The van der Waals surface area contributed by atoms with Gasteiger partial charge in [0.1, 0.15) is 12.4 Å². The zero-order chi connectivity index (χ0) is 16.3. The molecule has 0 amide bonds. The first-order chi connectivity index (χ1) is 10.4. The lowest BCUT2D eigenvalue weighted by molar-refractivity contribution is -0.144. The Labute approximate surface area is 132 Å². The lowest BCUT2D eigenvalue weighted by Gasteiger charge is -2.07. The lowest BCUT2D eigenvalue weighted by Crippen LogP contribution is -2.28. The molecule has 1 heterocycles. The van der Waals surface area contributed by atoms with Crippen LogP contribution in [-0.4, -0.2) is 15.9 Å². The van der Waals surface area contributed by atoms with E-state index >= 15 is 0 Å². The third kappa shape index (κ3) is 3.70. The van der Waals surface area contributed by atoms with E-state index in [2.05, 4.69) is 20.9 Å². The number of carbonyl (C=O) groups excluding carboxylic acids is 1. The molecule has 116 valence electrons. The second kappa shape index (κ2) is 6.69. The summed E-state index contributed by atoms with van der Waals surface area (Å²) >= 11 is 3.04. The van der Waals surface area contributed by atoms with Crippen molar-refractivity contribution in [1.29, 1.82) is 0 Å². The highest BCUT2D eigenvalue weighted by Gasteiger charge is 2.14. The summed E-state index contributed by atoms with van der Waals surface area (Å²) in [4.78, 5) is 38.9. The first-order valence-corrected chi connectivity index (χ1v) is 7.08. The van der Waals surface area contributed by atoms with Gasteiger partial charge in [0.2, 0.25) is 0 Å². The normalized spacial score (nSPS) is 10.5. The molecule has 0 atom stereocenters. The first-order valence-electron chi connectivity index (χ1n) is 6.29. The van der Waals surface area contributed by atoms with Crippen molar-refractivity contribution in [3.8, 4) is 0 Å². The van der Waals surface area contributed by atoms with Crippen molar-refractivity contribution in [3.05, 3.63) is 66.1 Å². The number of rotatable bonds is 4. The quantitative estimate of drug-likeness (QED) is 0.798. The zero-order valence-corrected chi connectivity index (χ0v) is 13.1. The monoisotopic (exact) mass is 370 g/mol. The van der Waals surface area contributed by atoms with Gasteiger partial charge in [0, 0.05) is 16.8 Å². The maximum absolute atomic E-state index is 13.7. The van der Waals surface area contributed by atoms with Gasteiger partial charge >= 0.3 is 11.7 Å². The minimum absolute atomic E-state index is 0.110. The Morgan fingerprint density at radius 1 is 1.32 bits per heavy atom. The standard InChI is InChI=1S/C14H12BrFN2O4/c1-7-9(13(20)18-14(21)17-7)5-11(19)22-6-8-3-2-4-10(15)12(8)16/h2-4H,5-6H2,1H3,(H2,17,18,20,21). The number of halogens is 2. The van der Waals surface area contributed by atoms with Crippen LogP contribution in [0.2, 0.25) is 0 Å². The predicted octanol–water partition coefficient (Wildman–Crippen LogP) is 1.56. The summed E-state index contributed by atoms with van der Waals surface area (Å²) in [5, 5.41) is 0. The van der Waals surface area contributed by atoms with E-state index < -0.39 is 23.0 Å². The fourth-order valence-corrected chi connectivity index (χ4v) is 2.26. The number of aryl methyl sites for hydroxylation is 1. The average molecular weight is 371 g/mol. The molecule has 0 fully saturated rings. The van der Waals surface area contributed by atoms with E-state index in [0.717, 1.165) is 0 Å². The van der Waals surface area contributed by atoms with Crippen LogP contribution in [0.5, 0.6) is 0 Å². The smallest absolute Gasteiger partial charge is 0.325 e. The maximum atomic E-state index is 13.7. The Morgan fingerprint density at radius 3 is 2.73 bits per heavy atom. The molecule has 0 spiro atoms. The summed E-state index contributed by atoms with van der Waals surface area (Å²) in [6.45, 7) is 1.26. The highest BCUT2D eigenvalue weighted by atomic mass is 79.9. The van der Waals surface area contributed by atoms with Crippen LogP contribution >= 0.6 is 15.9 Å². The summed E-state index contributed by atoms with van der Waals surface area (Å²) in [5.41, 5.74) is -0.670. The molecular weight excluding hydrogens is 359 g/mol. The van der Waals surface area contributed by atoms with E-state index in [-0.39, 0.29) is 28.6 Å². The summed E-state index contributed by atoms with van der Waals surface area (Å²) in [6.07, 6.45) is -0.312. The molecule has 0 aliphatic heterocycles. The number of benzene rings is 1. The molecule has 1 aromatic carbocycles. The number of carbonyl (C=O) groups is 1. The van der Waals surface area contributed by atoms with E-state index in [9.17, 15) is 18.8 Å².